The van der Waals surface area contributed by atoms with Gasteiger partial charge in [-0.15, -0.1) is 0 Å². The molecule has 6 heteroatoms. The fourth-order valence-corrected chi connectivity index (χ4v) is 9.85. The average molecular weight is 753 g/mol. The van der Waals surface area contributed by atoms with Gasteiger partial charge in [0.05, 0.1) is 38.5 Å². The van der Waals surface area contributed by atoms with Gasteiger partial charge in [-0.3, -0.25) is 8.80 Å². The zero-order valence-electron chi connectivity index (χ0n) is 31.7. The summed E-state index contributed by atoms with van der Waals surface area (Å²) in [5.41, 5.74) is 16.2. The molecule has 6 nitrogen and oxygen atoms in total. The monoisotopic (exact) mass is 752 g/mol. The second-order valence-corrected chi connectivity index (χ2v) is 15.4. The molecule has 274 valence electrons. The zero-order chi connectivity index (χ0) is 38.7. The van der Waals surface area contributed by atoms with Crippen molar-refractivity contribution in [3.8, 4) is 33.9 Å². The minimum atomic E-state index is -0.622. The Balaban J connectivity index is 1.13. The number of fused-ring (bicyclic) bond motifs is 13. The van der Waals surface area contributed by atoms with Crippen LogP contribution in [0.1, 0.15) is 22.3 Å². The molecule has 0 saturated heterocycles. The van der Waals surface area contributed by atoms with Gasteiger partial charge in [0, 0.05) is 21.9 Å². The van der Waals surface area contributed by atoms with Gasteiger partial charge in [0.15, 0.2) is 0 Å². The molecule has 4 aromatic heterocycles. The van der Waals surface area contributed by atoms with Crippen molar-refractivity contribution in [1.29, 1.82) is 0 Å². The Morgan fingerprint density at radius 1 is 0.339 bits per heavy atom. The first kappa shape index (κ1) is 32.2. The van der Waals surface area contributed by atoms with Crippen molar-refractivity contribution in [3.63, 3.8) is 0 Å². The van der Waals surface area contributed by atoms with Crippen LogP contribution in [-0.4, -0.2) is 28.7 Å². The number of imidazole rings is 2. The zero-order valence-corrected chi connectivity index (χ0v) is 31.7. The number of nitrogens with zero attached hydrogens (tertiary/aromatic N) is 6. The Morgan fingerprint density at radius 3 is 1.36 bits per heavy atom. The van der Waals surface area contributed by atoms with E-state index in [4.69, 9.17) is 19.9 Å². The summed E-state index contributed by atoms with van der Waals surface area (Å²) in [7, 11) is 0. The number of hydrogen-bond donors (Lipinski definition) is 0. The normalized spacial score (nSPS) is 13.2. The summed E-state index contributed by atoms with van der Waals surface area (Å²) < 4.78 is 4.46. The van der Waals surface area contributed by atoms with Crippen molar-refractivity contribution in [3.05, 3.63) is 216 Å². The van der Waals surface area contributed by atoms with Crippen molar-refractivity contribution >= 4 is 55.2 Å². The summed E-state index contributed by atoms with van der Waals surface area (Å²) >= 11 is 0. The van der Waals surface area contributed by atoms with E-state index in [9.17, 15) is 0 Å². The molecule has 0 atom stereocenters. The second-order valence-electron chi connectivity index (χ2n) is 15.4. The van der Waals surface area contributed by atoms with Gasteiger partial charge < -0.3 is 0 Å². The van der Waals surface area contributed by atoms with E-state index >= 15 is 0 Å². The number of para-hydroxylation sites is 6. The van der Waals surface area contributed by atoms with Crippen LogP contribution in [0.5, 0.6) is 0 Å². The lowest BCUT2D eigenvalue weighted by molar-refractivity contribution is 0.768. The lowest BCUT2D eigenvalue weighted by Crippen LogP contribution is -2.28. The van der Waals surface area contributed by atoms with E-state index in [1.165, 1.54) is 33.4 Å². The van der Waals surface area contributed by atoms with Crippen LogP contribution in [0.3, 0.4) is 0 Å². The first-order valence-electron chi connectivity index (χ1n) is 20.0. The molecule has 13 rings (SSSR count). The first-order valence-corrected chi connectivity index (χ1v) is 20.0. The van der Waals surface area contributed by atoms with Gasteiger partial charge in [0.2, 0.25) is 0 Å². The van der Waals surface area contributed by atoms with Crippen LogP contribution in [0, 0.1) is 0 Å². The van der Waals surface area contributed by atoms with Gasteiger partial charge in [-0.25, -0.2) is 19.9 Å². The second kappa shape index (κ2) is 12.0. The summed E-state index contributed by atoms with van der Waals surface area (Å²) in [4.78, 5) is 21.1. The van der Waals surface area contributed by atoms with E-state index in [2.05, 4.69) is 185 Å². The maximum absolute atomic E-state index is 5.40. The van der Waals surface area contributed by atoms with Gasteiger partial charge in [-0.1, -0.05) is 133 Å². The molecule has 4 heterocycles. The minimum Gasteiger partial charge on any atom is -0.276 e. The lowest BCUT2D eigenvalue weighted by Gasteiger charge is -2.34. The van der Waals surface area contributed by atoms with Crippen LogP contribution in [0.4, 0.5) is 0 Å². The molecular weight excluding hydrogens is 721 g/mol. The highest BCUT2D eigenvalue weighted by Gasteiger charge is 2.46. The molecule has 1 aliphatic rings. The minimum absolute atomic E-state index is 0.622. The number of aromatic nitrogens is 6. The molecule has 0 N–H and O–H groups in total. The smallest absolute Gasteiger partial charge is 0.149 e. The predicted molar refractivity (Wildman–Crippen MR) is 238 cm³/mol. The standard InChI is InChI=1S/C53H32N6/c1-3-15-35(16-4-1)53(36-17-5-2-6-18-36)41-30-28-33(49-54-43-21-9-7-19-38(43)51-56-45-23-11-13-25-47(45)58(49)51)31-40(41)37-29-27-34(32-42(37)53)50-55-44-22-10-8-20-39(44)52-57-46-24-12-14-26-48(46)59(50)52/h1-32H. The lowest BCUT2D eigenvalue weighted by atomic mass is 9.67. The molecule has 0 aliphatic heterocycles. The fraction of sp³-hybridized carbons (Fsp3) is 0.0189. The largest absolute Gasteiger partial charge is 0.276 e. The van der Waals surface area contributed by atoms with Gasteiger partial charge in [0.1, 0.15) is 22.9 Å². The van der Waals surface area contributed by atoms with E-state index in [0.717, 1.165) is 77.9 Å². The summed E-state index contributed by atoms with van der Waals surface area (Å²) in [6, 6.07) is 69.1. The number of hydrogen-bond acceptors (Lipinski definition) is 4. The molecule has 1 aliphatic carbocycles. The third kappa shape index (κ3) is 4.40. The molecule has 12 aromatic rings. The molecule has 0 amide bonds. The predicted octanol–water partition coefficient (Wildman–Crippen LogP) is 12.1. The van der Waals surface area contributed by atoms with Gasteiger partial charge >= 0.3 is 0 Å². The summed E-state index contributed by atoms with van der Waals surface area (Å²) in [5.74, 6) is 1.72. The maximum atomic E-state index is 5.40. The topological polar surface area (TPSA) is 60.4 Å². The van der Waals surface area contributed by atoms with E-state index in [1.54, 1.807) is 0 Å². The average Bonchev–Trinajstić information content (AvgIpc) is 3.98. The summed E-state index contributed by atoms with van der Waals surface area (Å²) in [6.07, 6.45) is 0. The van der Waals surface area contributed by atoms with Crippen molar-refractivity contribution in [2.45, 2.75) is 5.41 Å². The van der Waals surface area contributed by atoms with E-state index < -0.39 is 5.41 Å². The highest BCUT2D eigenvalue weighted by Crippen LogP contribution is 2.57. The van der Waals surface area contributed by atoms with Crippen LogP contribution >= 0.6 is 0 Å². The van der Waals surface area contributed by atoms with Crippen LogP contribution in [0.15, 0.2) is 194 Å². The maximum Gasteiger partial charge on any atom is 0.149 e. The highest BCUT2D eigenvalue weighted by molar-refractivity contribution is 6.00. The van der Waals surface area contributed by atoms with Crippen molar-refractivity contribution in [1.82, 2.24) is 28.7 Å². The third-order valence-corrected chi connectivity index (χ3v) is 12.4. The van der Waals surface area contributed by atoms with Crippen LogP contribution in [-0.2, 0) is 5.41 Å². The Morgan fingerprint density at radius 2 is 0.797 bits per heavy atom. The Bertz CT molecular complexity index is 3640. The van der Waals surface area contributed by atoms with Crippen LogP contribution in [0.25, 0.3) is 89.1 Å². The highest BCUT2D eigenvalue weighted by atomic mass is 15.1. The number of rotatable bonds is 4. The van der Waals surface area contributed by atoms with E-state index in [0.29, 0.717) is 0 Å². The van der Waals surface area contributed by atoms with Gasteiger partial charge in [-0.05, 0) is 94.0 Å². The molecule has 0 fully saturated rings. The molecule has 0 bridgehead atoms. The summed E-state index contributed by atoms with van der Waals surface area (Å²) in [6.45, 7) is 0. The molecule has 0 unspecified atom stereocenters. The van der Waals surface area contributed by atoms with Crippen LogP contribution < -0.4 is 0 Å². The molecule has 0 spiro atoms. The Labute approximate surface area is 338 Å². The third-order valence-electron chi connectivity index (χ3n) is 12.4. The van der Waals surface area contributed by atoms with E-state index in [-0.39, 0.29) is 0 Å². The van der Waals surface area contributed by atoms with Crippen molar-refractivity contribution < 1.29 is 0 Å². The molecule has 59 heavy (non-hydrogen) atoms. The molecule has 0 saturated carbocycles. The molecule has 8 aromatic carbocycles. The fourth-order valence-electron chi connectivity index (χ4n) is 9.85. The van der Waals surface area contributed by atoms with Gasteiger partial charge in [-0.2, -0.15) is 0 Å². The van der Waals surface area contributed by atoms with Crippen molar-refractivity contribution in [2.75, 3.05) is 0 Å². The summed E-state index contributed by atoms with van der Waals surface area (Å²) in [5, 5.41) is 2.05. The van der Waals surface area contributed by atoms with E-state index in [1.807, 2.05) is 18.2 Å². The SMILES string of the molecule is c1ccc(C2(c3ccccc3)c3ccc(-c4nc5ccccc5c5nc6ccccc6n45)cc3-c3ccc(-c4nc5ccccc5c5nc6ccccc6n45)cc32)cc1. The van der Waals surface area contributed by atoms with Crippen molar-refractivity contribution in [2.24, 2.45) is 0 Å². The Hall–Kier alpha value is -7.96. The Kier molecular flexibility index (Phi) is 6.55. The number of benzene rings is 8. The molecular formula is C53H32N6. The van der Waals surface area contributed by atoms with Gasteiger partial charge in [0.25, 0.3) is 0 Å². The first-order chi connectivity index (χ1) is 29.3. The quantitative estimate of drug-likeness (QED) is 0.180. The van der Waals surface area contributed by atoms with Crippen LogP contribution in [0.2, 0.25) is 0 Å². The molecule has 0 radical (unpaired) electrons.